The highest BCUT2D eigenvalue weighted by atomic mass is 32.2. The molecule has 0 saturated carbocycles. The molecule has 1 unspecified atom stereocenters. The Labute approximate surface area is 58.4 Å². The molecular weight excluding hydrogens is 160 g/mol. The minimum absolute atomic E-state index is 0.734. The SMILES string of the molecule is CC(CS(=O)(=O)O)C(=O)O. The fourth-order valence-electron chi connectivity index (χ4n) is 0.387. The normalized spacial score (nSPS) is 14.6. The van der Waals surface area contributed by atoms with Gasteiger partial charge in [-0.3, -0.25) is 9.35 Å². The van der Waals surface area contributed by atoms with Crippen LogP contribution in [0.2, 0.25) is 0 Å². The minimum Gasteiger partial charge on any atom is -0.481 e. The molecule has 0 spiro atoms. The largest absolute Gasteiger partial charge is 0.481 e. The molecule has 0 bridgehead atoms. The smallest absolute Gasteiger partial charge is 0.307 e. The summed E-state index contributed by atoms with van der Waals surface area (Å²) in [5.74, 6) is -3.03. The molecule has 0 aliphatic rings. The van der Waals surface area contributed by atoms with Crippen molar-refractivity contribution in [2.45, 2.75) is 6.92 Å². The molecule has 1 atom stereocenters. The Bertz CT molecular complexity index is 216. The van der Waals surface area contributed by atoms with Crippen molar-refractivity contribution >= 4 is 16.1 Å². The standard InChI is InChI=1S/C4H8O5S/c1-3(4(5)6)2-10(7,8)9/h3H,2H2,1H3,(H,5,6)(H,7,8,9). The van der Waals surface area contributed by atoms with Crippen LogP contribution in [0.1, 0.15) is 6.92 Å². The van der Waals surface area contributed by atoms with E-state index < -0.39 is 27.8 Å². The molecule has 6 heteroatoms. The van der Waals surface area contributed by atoms with Crippen LogP contribution in [0.15, 0.2) is 0 Å². The molecule has 0 rings (SSSR count). The summed E-state index contributed by atoms with van der Waals surface area (Å²) in [6.45, 7) is 1.20. The quantitative estimate of drug-likeness (QED) is 0.559. The molecule has 10 heavy (non-hydrogen) atoms. The van der Waals surface area contributed by atoms with E-state index in [-0.39, 0.29) is 0 Å². The number of rotatable bonds is 3. The Balaban J connectivity index is 4.06. The first-order chi connectivity index (χ1) is 4.33. The second-order valence-corrected chi connectivity index (χ2v) is 3.49. The summed E-state index contributed by atoms with van der Waals surface area (Å²) >= 11 is 0. The Morgan fingerprint density at radius 3 is 2.10 bits per heavy atom. The van der Waals surface area contributed by atoms with Crippen LogP contribution in [-0.4, -0.2) is 29.8 Å². The molecular formula is C4H8O5S. The summed E-state index contributed by atoms with van der Waals surface area (Å²) in [6, 6.07) is 0. The predicted octanol–water partition coefficient (Wildman–Crippen LogP) is -0.405. The van der Waals surface area contributed by atoms with Crippen LogP contribution in [0.4, 0.5) is 0 Å². The maximum absolute atomic E-state index is 10.0. The summed E-state index contributed by atoms with van der Waals surface area (Å²) in [7, 11) is -4.15. The van der Waals surface area contributed by atoms with E-state index in [0.717, 1.165) is 0 Å². The van der Waals surface area contributed by atoms with E-state index in [1.54, 1.807) is 0 Å². The van der Waals surface area contributed by atoms with Gasteiger partial charge in [-0.1, -0.05) is 6.92 Å². The van der Waals surface area contributed by atoms with Gasteiger partial charge in [0, 0.05) is 0 Å². The van der Waals surface area contributed by atoms with E-state index in [4.69, 9.17) is 9.66 Å². The van der Waals surface area contributed by atoms with Gasteiger partial charge in [-0.05, 0) is 0 Å². The number of aliphatic carboxylic acids is 1. The molecule has 5 nitrogen and oxygen atoms in total. The molecule has 60 valence electrons. The Hall–Kier alpha value is -0.620. The first-order valence-electron chi connectivity index (χ1n) is 2.51. The minimum atomic E-state index is -4.15. The van der Waals surface area contributed by atoms with E-state index in [0.29, 0.717) is 0 Å². The van der Waals surface area contributed by atoms with Gasteiger partial charge in [0.25, 0.3) is 10.1 Å². The fourth-order valence-corrected chi connectivity index (χ4v) is 1.16. The predicted molar refractivity (Wildman–Crippen MR) is 33.2 cm³/mol. The van der Waals surface area contributed by atoms with Crippen LogP contribution in [0.5, 0.6) is 0 Å². The van der Waals surface area contributed by atoms with Crippen LogP contribution in [0.25, 0.3) is 0 Å². The van der Waals surface area contributed by atoms with E-state index >= 15 is 0 Å². The lowest BCUT2D eigenvalue weighted by molar-refractivity contribution is -0.140. The number of carbonyl (C=O) groups is 1. The third-order valence-electron chi connectivity index (χ3n) is 0.882. The van der Waals surface area contributed by atoms with E-state index in [1.165, 1.54) is 6.92 Å². The number of carboxylic acids is 1. The summed E-state index contributed by atoms with van der Waals surface area (Å²) in [6.07, 6.45) is 0. The fraction of sp³-hybridized carbons (Fsp3) is 0.750. The number of hydrogen-bond donors (Lipinski definition) is 2. The van der Waals surface area contributed by atoms with Gasteiger partial charge in [0.1, 0.15) is 0 Å². The van der Waals surface area contributed by atoms with Crippen LogP contribution in [0.3, 0.4) is 0 Å². The molecule has 0 fully saturated rings. The molecule has 0 aromatic rings. The zero-order chi connectivity index (χ0) is 8.36. The highest BCUT2D eigenvalue weighted by Crippen LogP contribution is 1.98. The van der Waals surface area contributed by atoms with E-state index in [9.17, 15) is 13.2 Å². The van der Waals surface area contributed by atoms with Crippen LogP contribution in [0, 0.1) is 5.92 Å². The average Bonchev–Trinajstić information content (AvgIpc) is 1.60. The van der Waals surface area contributed by atoms with Gasteiger partial charge in [0.15, 0.2) is 0 Å². The zero-order valence-corrected chi connectivity index (χ0v) is 6.13. The van der Waals surface area contributed by atoms with Gasteiger partial charge in [-0.2, -0.15) is 8.42 Å². The van der Waals surface area contributed by atoms with E-state index in [2.05, 4.69) is 0 Å². The molecule has 0 heterocycles. The van der Waals surface area contributed by atoms with Crippen molar-refractivity contribution in [3.05, 3.63) is 0 Å². The topological polar surface area (TPSA) is 91.7 Å². The van der Waals surface area contributed by atoms with Gasteiger partial charge in [0.2, 0.25) is 0 Å². The maximum Gasteiger partial charge on any atom is 0.307 e. The van der Waals surface area contributed by atoms with Crippen molar-refractivity contribution in [2.24, 2.45) is 5.92 Å². The average molecular weight is 168 g/mol. The van der Waals surface area contributed by atoms with Crippen molar-refractivity contribution in [3.63, 3.8) is 0 Å². The molecule has 2 N–H and O–H groups in total. The molecule has 0 radical (unpaired) electrons. The van der Waals surface area contributed by atoms with Gasteiger partial charge in [-0.25, -0.2) is 0 Å². The van der Waals surface area contributed by atoms with Crippen molar-refractivity contribution in [3.8, 4) is 0 Å². The van der Waals surface area contributed by atoms with Crippen LogP contribution >= 0.6 is 0 Å². The molecule has 0 aliphatic carbocycles. The van der Waals surface area contributed by atoms with Crippen molar-refractivity contribution in [2.75, 3.05) is 5.75 Å². The number of carboxylic acid groups (broad SMARTS) is 1. The van der Waals surface area contributed by atoms with Gasteiger partial charge >= 0.3 is 5.97 Å². The summed E-state index contributed by atoms with van der Waals surface area (Å²) in [4.78, 5) is 10.0. The lowest BCUT2D eigenvalue weighted by atomic mass is 10.2. The van der Waals surface area contributed by atoms with Crippen LogP contribution in [-0.2, 0) is 14.9 Å². The highest BCUT2D eigenvalue weighted by Gasteiger charge is 2.17. The van der Waals surface area contributed by atoms with Crippen molar-refractivity contribution in [1.29, 1.82) is 0 Å². The van der Waals surface area contributed by atoms with Gasteiger partial charge < -0.3 is 5.11 Å². The Morgan fingerprint density at radius 1 is 1.60 bits per heavy atom. The second-order valence-electron chi connectivity index (χ2n) is 1.99. The molecule has 0 amide bonds. The summed E-state index contributed by atoms with van der Waals surface area (Å²) < 4.78 is 28.2. The molecule has 0 aliphatic heterocycles. The van der Waals surface area contributed by atoms with Gasteiger partial charge in [0.05, 0.1) is 11.7 Å². The lowest BCUT2D eigenvalue weighted by Crippen LogP contribution is -2.20. The number of hydrogen-bond acceptors (Lipinski definition) is 3. The first kappa shape index (κ1) is 9.38. The zero-order valence-electron chi connectivity index (χ0n) is 5.31. The highest BCUT2D eigenvalue weighted by molar-refractivity contribution is 7.85. The second kappa shape index (κ2) is 2.98. The van der Waals surface area contributed by atoms with Crippen molar-refractivity contribution < 1.29 is 22.9 Å². The Kier molecular flexibility index (Phi) is 2.79. The molecule has 0 aromatic carbocycles. The third kappa shape index (κ3) is 4.28. The molecule has 0 aromatic heterocycles. The van der Waals surface area contributed by atoms with Crippen LogP contribution < -0.4 is 0 Å². The lowest BCUT2D eigenvalue weighted by Gasteiger charge is -2.00. The summed E-state index contributed by atoms with van der Waals surface area (Å²) in [5, 5.41) is 8.17. The van der Waals surface area contributed by atoms with Crippen molar-refractivity contribution in [1.82, 2.24) is 0 Å². The first-order valence-corrected chi connectivity index (χ1v) is 4.12. The molecule has 0 saturated heterocycles. The van der Waals surface area contributed by atoms with E-state index in [1.807, 2.05) is 0 Å². The maximum atomic E-state index is 10.0. The third-order valence-corrected chi connectivity index (χ3v) is 1.80. The summed E-state index contributed by atoms with van der Waals surface area (Å²) in [5.41, 5.74) is 0. The monoisotopic (exact) mass is 168 g/mol. The Morgan fingerprint density at radius 2 is 2.00 bits per heavy atom. The van der Waals surface area contributed by atoms with Gasteiger partial charge in [-0.15, -0.1) is 0 Å².